The summed E-state index contributed by atoms with van der Waals surface area (Å²) in [7, 11) is -2.60. The standard InChI is InChI=1S/C23H18FNO4S/c1-15-3-5-16(6-4-15)23(26)22-14-25(18-8-10-19(29-2)11-9-18)20-13-17(24)7-12-21(20)30(22,27)28/h3-14H,1-2H3. The summed E-state index contributed by atoms with van der Waals surface area (Å²) in [6.07, 6.45) is 1.25. The van der Waals surface area contributed by atoms with Crippen LogP contribution in [0.4, 0.5) is 15.8 Å². The molecule has 5 nitrogen and oxygen atoms in total. The van der Waals surface area contributed by atoms with Crippen LogP contribution >= 0.6 is 0 Å². The maximum atomic E-state index is 14.0. The molecule has 0 atom stereocenters. The topological polar surface area (TPSA) is 63.7 Å². The minimum absolute atomic E-state index is 0.127. The number of sulfone groups is 1. The second-order valence-electron chi connectivity index (χ2n) is 6.87. The van der Waals surface area contributed by atoms with E-state index in [2.05, 4.69) is 0 Å². The molecular formula is C23H18FNO4S. The maximum Gasteiger partial charge on any atom is 0.214 e. The fourth-order valence-corrected chi connectivity index (χ4v) is 4.79. The lowest BCUT2D eigenvalue weighted by Gasteiger charge is -2.29. The van der Waals surface area contributed by atoms with Gasteiger partial charge in [0.25, 0.3) is 0 Å². The highest BCUT2D eigenvalue weighted by atomic mass is 32.2. The van der Waals surface area contributed by atoms with E-state index in [1.54, 1.807) is 48.5 Å². The molecule has 0 saturated heterocycles. The predicted molar refractivity (Wildman–Crippen MR) is 112 cm³/mol. The van der Waals surface area contributed by atoms with Gasteiger partial charge >= 0.3 is 0 Å². The molecule has 3 aromatic carbocycles. The largest absolute Gasteiger partial charge is 0.497 e. The molecule has 30 heavy (non-hydrogen) atoms. The molecule has 0 radical (unpaired) electrons. The molecule has 152 valence electrons. The summed E-state index contributed by atoms with van der Waals surface area (Å²) in [6, 6.07) is 16.9. The summed E-state index contributed by atoms with van der Waals surface area (Å²) in [5, 5.41) is 0. The number of nitrogens with zero attached hydrogens (tertiary/aromatic N) is 1. The third kappa shape index (κ3) is 3.37. The van der Waals surface area contributed by atoms with Crippen molar-refractivity contribution in [1.82, 2.24) is 0 Å². The number of aryl methyl sites for hydroxylation is 1. The van der Waals surface area contributed by atoms with E-state index in [-0.39, 0.29) is 21.1 Å². The van der Waals surface area contributed by atoms with Gasteiger partial charge < -0.3 is 9.64 Å². The first-order chi connectivity index (χ1) is 14.3. The Morgan fingerprint density at radius 3 is 2.27 bits per heavy atom. The number of hydrogen-bond acceptors (Lipinski definition) is 5. The molecule has 0 aliphatic carbocycles. The van der Waals surface area contributed by atoms with Crippen molar-refractivity contribution in [3.8, 4) is 5.75 Å². The van der Waals surface area contributed by atoms with Crippen LogP contribution < -0.4 is 9.64 Å². The van der Waals surface area contributed by atoms with Crippen LogP contribution in [0.3, 0.4) is 0 Å². The molecule has 0 unspecified atom stereocenters. The third-order valence-corrected chi connectivity index (χ3v) is 6.69. The first kappa shape index (κ1) is 19.8. The molecular weight excluding hydrogens is 405 g/mol. The van der Waals surface area contributed by atoms with Crippen molar-refractivity contribution in [2.24, 2.45) is 0 Å². The number of ketones is 1. The van der Waals surface area contributed by atoms with Crippen LogP contribution in [0.5, 0.6) is 5.75 Å². The minimum atomic E-state index is -4.13. The molecule has 1 aliphatic rings. The minimum Gasteiger partial charge on any atom is -0.497 e. The molecule has 7 heteroatoms. The van der Waals surface area contributed by atoms with E-state index in [4.69, 9.17) is 4.74 Å². The molecule has 4 rings (SSSR count). The van der Waals surface area contributed by atoms with Crippen LogP contribution in [-0.2, 0) is 9.84 Å². The first-order valence-corrected chi connectivity index (χ1v) is 10.6. The lowest BCUT2D eigenvalue weighted by Crippen LogP contribution is -2.26. The van der Waals surface area contributed by atoms with Crippen LogP contribution in [0.15, 0.2) is 82.7 Å². The Kier molecular flexibility index (Phi) is 4.91. The van der Waals surface area contributed by atoms with Gasteiger partial charge in [-0.2, -0.15) is 0 Å². The van der Waals surface area contributed by atoms with Gasteiger partial charge in [-0.05, 0) is 49.4 Å². The van der Waals surface area contributed by atoms with Gasteiger partial charge in [0.05, 0.1) is 17.7 Å². The van der Waals surface area contributed by atoms with Gasteiger partial charge in [0.2, 0.25) is 15.6 Å². The number of hydrogen-bond donors (Lipinski definition) is 0. The van der Waals surface area contributed by atoms with Crippen LogP contribution in [0.25, 0.3) is 0 Å². The number of carbonyl (C=O) groups is 1. The second kappa shape index (κ2) is 7.42. The summed E-state index contributed by atoms with van der Waals surface area (Å²) in [5.41, 5.74) is 1.91. The molecule has 1 aliphatic heterocycles. The third-order valence-electron chi connectivity index (χ3n) is 4.89. The van der Waals surface area contributed by atoms with Crippen LogP contribution in [0.2, 0.25) is 0 Å². The molecule has 0 fully saturated rings. The molecule has 1 heterocycles. The molecule has 0 spiro atoms. The Labute approximate surface area is 174 Å². The van der Waals surface area contributed by atoms with E-state index in [1.165, 1.54) is 24.3 Å². The van der Waals surface area contributed by atoms with E-state index in [9.17, 15) is 17.6 Å². The number of methoxy groups -OCH3 is 1. The number of allylic oxidation sites excluding steroid dienone is 1. The molecule has 0 aromatic heterocycles. The molecule has 3 aromatic rings. The summed E-state index contributed by atoms with van der Waals surface area (Å²) in [5.74, 6) is -0.588. The van der Waals surface area contributed by atoms with Gasteiger partial charge in [-0.25, -0.2) is 12.8 Å². The zero-order valence-electron chi connectivity index (χ0n) is 16.3. The number of Topliss-reactive ketones (excluding diaryl/α,β-unsaturated/α-hetero) is 1. The summed E-state index contributed by atoms with van der Waals surface area (Å²) in [4.78, 5) is 14.1. The second-order valence-corrected chi connectivity index (χ2v) is 8.76. The van der Waals surface area contributed by atoms with Gasteiger partial charge in [-0.1, -0.05) is 29.8 Å². The number of fused-ring (bicyclic) bond motifs is 1. The van der Waals surface area contributed by atoms with Crippen molar-refractivity contribution >= 4 is 27.0 Å². The molecule has 0 bridgehead atoms. The van der Waals surface area contributed by atoms with Crippen molar-refractivity contribution in [3.63, 3.8) is 0 Å². The highest BCUT2D eigenvalue weighted by molar-refractivity contribution is 7.96. The van der Waals surface area contributed by atoms with E-state index >= 15 is 0 Å². The lowest BCUT2D eigenvalue weighted by atomic mass is 10.1. The number of ether oxygens (including phenoxy) is 1. The van der Waals surface area contributed by atoms with Gasteiger partial charge in [-0.3, -0.25) is 4.79 Å². The number of carbonyl (C=O) groups excluding carboxylic acids is 1. The Morgan fingerprint density at radius 2 is 1.63 bits per heavy atom. The fraction of sp³-hybridized carbons (Fsp3) is 0.0870. The maximum absolute atomic E-state index is 14.0. The van der Waals surface area contributed by atoms with Gasteiger partial charge in [0.1, 0.15) is 16.5 Å². The summed E-state index contributed by atoms with van der Waals surface area (Å²) in [6.45, 7) is 1.88. The van der Waals surface area contributed by atoms with Crippen LogP contribution in [0, 0.1) is 12.7 Å². The smallest absolute Gasteiger partial charge is 0.214 e. The zero-order chi connectivity index (χ0) is 21.5. The Bertz CT molecular complexity index is 1260. The predicted octanol–water partition coefficient (Wildman–Crippen LogP) is 4.79. The van der Waals surface area contributed by atoms with E-state index < -0.39 is 21.4 Å². The number of halogens is 1. The quantitative estimate of drug-likeness (QED) is 0.446. The van der Waals surface area contributed by atoms with Crippen molar-refractivity contribution < 1.29 is 22.3 Å². The number of anilines is 2. The van der Waals surface area contributed by atoms with Crippen LogP contribution in [0.1, 0.15) is 15.9 Å². The molecule has 0 N–H and O–H groups in total. The Balaban J connectivity index is 1.90. The van der Waals surface area contributed by atoms with Crippen molar-refractivity contribution in [2.75, 3.05) is 12.0 Å². The monoisotopic (exact) mass is 423 g/mol. The lowest BCUT2D eigenvalue weighted by molar-refractivity contribution is 0.104. The SMILES string of the molecule is COc1ccc(N2C=C(C(=O)c3ccc(C)cc3)S(=O)(=O)c3ccc(F)cc32)cc1. The first-order valence-electron chi connectivity index (χ1n) is 9.12. The summed E-state index contributed by atoms with van der Waals surface area (Å²) >= 11 is 0. The summed E-state index contributed by atoms with van der Waals surface area (Å²) < 4.78 is 45.6. The molecule has 0 saturated carbocycles. The average molecular weight is 423 g/mol. The highest BCUT2D eigenvalue weighted by Gasteiger charge is 2.36. The normalized spacial score (nSPS) is 14.6. The van der Waals surface area contributed by atoms with Crippen molar-refractivity contribution in [1.29, 1.82) is 0 Å². The number of benzene rings is 3. The van der Waals surface area contributed by atoms with E-state index in [0.29, 0.717) is 11.4 Å². The van der Waals surface area contributed by atoms with Gasteiger partial charge in [0, 0.05) is 17.5 Å². The van der Waals surface area contributed by atoms with E-state index in [1.807, 2.05) is 6.92 Å². The van der Waals surface area contributed by atoms with Crippen molar-refractivity contribution in [3.05, 3.63) is 94.8 Å². The molecule has 0 amide bonds. The Morgan fingerprint density at radius 1 is 0.967 bits per heavy atom. The highest BCUT2D eigenvalue weighted by Crippen LogP contribution is 2.41. The van der Waals surface area contributed by atoms with Crippen molar-refractivity contribution in [2.45, 2.75) is 11.8 Å². The van der Waals surface area contributed by atoms with E-state index in [0.717, 1.165) is 17.7 Å². The average Bonchev–Trinajstić information content (AvgIpc) is 2.74. The van der Waals surface area contributed by atoms with Gasteiger partial charge in [-0.15, -0.1) is 0 Å². The number of rotatable bonds is 4. The van der Waals surface area contributed by atoms with Crippen LogP contribution in [-0.4, -0.2) is 21.3 Å². The van der Waals surface area contributed by atoms with Gasteiger partial charge in [0.15, 0.2) is 0 Å². The zero-order valence-corrected chi connectivity index (χ0v) is 17.1. The Hall–Kier alpha value is -3.45. The fourth-order valence-electron chi connectivity index (χ4n) is 3.26.